The van der Waals surface area contributed by atoms with Gasteiger partial charge in [0.05, 0.1) is 10.6 Å². The zero-order valence-electron chi connectivity index (χ0n) is 14.6. The number of furan rings is 1. The summed E-state index contributed by atoms with van der Waals surface area (Å²) in [5, 5.41) is 1.28. The number of rotatable bonds is 3. The van der Waals surface area contributed by atoms with Crippen molar-refractivity contribution in [2.24, 2.45) is 0 Å². The fraction of sp³-hybridized carbons (Fsp3) is 0. The minimum Gasteiger partial charge on any atom is -0.454 e. The number of nitrogens with one attached hydrogen (secondary N) is 1. The van der Waals surface area contributed by atoms with E-state index in [9.17, 15) is 4.39 Å². The van der Waals surface area contributed by atoms with Gasteiger partial charge in [0, 0.05) is 11.6 Å². The van der Waals surface area contributed by atoms with Crippen LogP contribution in [0.5, 0.6) is 0 Å². The van der Waals surface area contributed by atoms with Gasteiger partial charge in [0.15, 0.2) is 5.76 Å². The van der Waals surface area contributed by atoms with Crippen molar-refractivity contribution in [2.75, 3.05) is 0 Å². The van der Waals surface area contributed by atoms with E-state index in [-0.39, 0.29) is 5.56 Å². The van der Waals surface area contributed by atoms with Crippen molar-refractivity contribution in [1.29, 1.82) is 0 Å². The second-order valence-electron chi connectivity index (χ2n) is 6.46. The fourth-order valence-corrected chi connectivity index (χ4v) is 3.53. The highest BCUT2D eigenvalue weighted by atomic mass is 35.5. The molecule has 0 saturated heterocycles. The van der Waals surface area contributed by atoms with E-state index in [1.807, 2.05) is 36.4 Å². The first-order chi connectivity index (χ1) is 13.7. The summed E-state index contributed by atoms with van der Waals surface area (Å²) in [6.07, 6.45) is 1.69. The average molecular weight is 389 g/mol. The third-order valence-corrected chi connectivity index (χ3v) is 4.97. The van der Waals surface area contributed by atoms with Crippen LogP contribution in [0.3, 0.4) is 0 Å². The number of fused-ring (bicyclic) bond motifs is 1. The highest BCUT2D eigenvalue weighted by Gasteiger charge is 2.16. The molecule has 28 heavy (non-hydrogen) atoms. The van der Waals surface area contributed by atoms with Crippen LogP contribution in [0.15, 0.2) is 83.4 Å². The summed E-state index contributed by atoms with van der Waals surface area (Å²) in [5.74, 6) is 0.546. The van der Waals surface area contributed by atoms with Gasteiger partial charge in [0.2, 0.25) is 0 Å². The lowest BCUT2D eigenvalue weighted by Crippen LogP contribution is -1.87. The van der Waals surface area contributed by atoms with Crippen LogP contribution in [0.4, 0.5) is 4.39 Å². The minimum atomic E-state index is -0.425. The molecule has 1 N–H and O–H groups in total. The van der Waals surface area contributed by atoms with E-state index >= 15 is 0 Å². The van der Waals surface area contributed by atoms with Crippen molar-refractivity contribution in [3.63, 3.8) is 0 Å². The van der Waals surface area contributed by atoms with Gasteiger partial charge >= 0.3 is 0 Å². The van der Waals surface area contributed by atoms with Crippen LogP contribution in [-0.2, 0) is 0 Å². The molecule has 0 amide bonds. The molecular weight excluding hydrogens is 375 g/mol. The van der Waals surface area contributed by atoms with Crippen LogP contribution in [0.1, 0.15) is 0 Å². The normalized spacial score (nSPS) is 11.2. The summed E-state index contributed by atoms with van der Waals surface area (Å²) in [4.78, 5) is 7.46. The predicted molar refractivity (Wildman–Crippen MR) is 110 cm³/mol. The molecule has 0 radical (unpaired) electrons. The molecule has 5 aromatic rings. The van der Waals surface area contributed by atoms with Gasteiger partial charge in [-0.2, -0.15) is 0 Å². The second kappa shape index (κ2) is 6.66. The van der Waals surface area contributed by atoms with Crippen LogP contribution < -0.4 is 0 Å². The highest BCUT2D eigenvalue weighted by Crippen LogP contribution is 2.33. The Balaban J connectivity index is 1.55. The maximum atomic E-state index is 14.2. The van der Waals surface area contributed by atoms with E-state index < -0.39 is 5.82 Å². The lowest BCUT2D eigenvalue weighted by atomic mass is 10.0. The molecule has 2 aromatic heterocycles. The van der Waals surface area contributed by atoms with Gasteiger partial charge in [0.1, 0.15) is 22.9 Å². The van der Waals surface area contributed by atoms with E-state index in [1.54, 1.807) is 18.3 Å². The number of hydrogen-bond donors (Lipinski definition) is 1. The van der Waals surface area contributed by atoms with Crippen molar-refractivity contribution in [2.45, 2.75) is 0 Å². The molecule has 0 fully saturated rings. The van der Waals surface area contributed by atoms with E-state index in [0.29, 0.717) is 22.3 Å². The van der Waals surface area contributed by atoms with E-state index in [4.69, 9.17) is 16.0 Å². The molecule has 2 heterocycles. The molecule has 0 unspecified atom stereocenters. The second-order valence-corrected chi connectivity index (χ2v) is 6.87. The monoisotopic (exact) mass is 388 g/mol. The fourth-order valence-electron chi connectivity index (χ4n) is 3.28. The molecule has 3 aromatic carbocycles. The van der Waals surface area contributed by atoms with E-state index in [1.165, 1.54) is 6.07 Å². The summed E-state index contributed by atoms with van der Waals surface area (Å²) in [7, 11) is 0. The van der Waals surface area contributed by atoms with Crippen LogP contribution in [0.2, 0.25) is 5.02 Å². The van der Waals surface area contributed by atoms with Gasteiger partial charge in [-0.3, -0.25) is 0 Å². The molecule has 5 rings (SSSR count). The van der Waals surface area contributed by atoms with Crippen LogP contribution in [-0.4, -0.2) is 9.97 Å². The van der Waals surface area contributed by atoms with Gasteiger partial charge in [-0.15, -0.1) is 0 Å². The first-order valence-corrected chi connectivity index (χ1v) is 9.16. The molecule has 0 aliphatic heterocycles. The third kappa shape index (κ3) is 2.88. The number of nitrogens with zero attached hydrogens (tertiary/aromatic N) is 1. The summed E-state index contributed by atoms with van der Waals surface area (Å²) >= 11 is 6.14. The van der Waals surface area contributed by atoms with E-state index in [0.717, 1.165) is 22.1 Å². The summed E-state index contributed by atoms with van der Waals surface area (Å²) < 4.78 is 20.1. The van der Waals surface area contributed by atoms with Crippen LogP contribution >= 0.6 is 11.6 Å². The van der Waals surface area contributed by atoms with Crippen LogP contribution in [0.25, 0.3) is 44.9 Å². The molecule has 5 heteroatoms. The quantitative estimate of drug-likeness (QED) is 0.363. The van der Waals surface area contributed by atoms with Crippen molar-refractivity contribution >= 4 is 22.6 Å². The Hall–Kier alpha value is -3.37. The minimum absolute atomic E-state index is 0.248. The molecular formula is C23H14ClFN2O. The van der Waals surface area contributed by atoms with Crippen molar-refractivity contribution in [1.82, 2.24) is 9.97 Å². The van der Waals surface area contributed by atoms with Gasteiger partial charge in [0.25, 0.3) is 0 Å². The van der Waals surface area contributed by atoms with Gasteiger partial charge < -0.3 is 9.40 Å². The van der Waals surface area contributed by atoms with Gasteiger partial charge in [-0.25, -0.2) is 9.37 Å². The first kappa shape index (κ1) is 16.8. The topological polar surface area (TPSA) is 41.8 Å². The smallest absolute Gasteiger partial charge is 0.155 e. The van der Waals surface area contributed by atoms with Crippen LogP contribution in [0, 0.1) is 5.82 Å². The zero-order valence-corrected chi connectivity index (χ0v) is 15.4. The Kier molecular flexibility index (Phi) is 3.99. The maximum Gasteiger partial charge on any atom is 0.155 e. The SMILES string of the molecule is Fc1cccc(Cl)c1-c1nc(-c2cc3cc(-c4ccccc4)ccc3o2)c[nH]1. The Bertz CT molecular complexity index is 1270. The zero-order chi connectivity index (χ0) is 19.1. The predicted octanol–water partition coefficient (Wildman–Crippen LogP) is 6.95. The maximum absolute atomic E-state index is 14.2. The molecule has 136 valence electrons. The van der Waals surface area contributed by atoms with Gasteiger partial charge in [-0.05, 0) is 41.5 Å². The Labute approximate surface area is 165 Å². The first-order valence-electron chi connectivity index (χ1n) is 8.78. The Morgan fingerprint density at radius 2 is 1.75 bits per heavy atom. The molecule has 3 nitrogen and oxygen atoms in total. The number of halogens is 2. The van der Waals surface area contributed by atoms with E-state index in [2.05, 4.69) is 28.2 Å². The highest BCUT2D eigenvalue weighted by molar-refractivity contribution is 6.33. The molecule has 0 atom stereocenters. The number of imidazole rings is 1. The van der Waals surface area contributed by atoms with Gasteiger partial charge in [-0.1, -0.05) is 54.1 Å². The molecule has 0 saturated carbocycles. The lowest BCUT2D eigenvalue weighted by Gasteiger charge is -2.01. The van der Waals surface area contributed by atoms with Crippen molar-refractivity contribution in [3.8, 4) is 34.0 Å². The molecule has 0 aliphatic carbocycles. The Morgan fingerprint density at radius 1 is 0.893 bits per heavy atom. The molecule has 0 aliphatic rings. The van der Waals surface area contributed by atoms with Crippen molar-refractivity contribution < 1.29 is 8.81 Å². The van der Waals surface area contributed by atoms with Crippen molar-refractivity contribution in [3.05, 3.63) is 89.8 Å². The number of H-pyrrole nitrogens is 1. The summed E-state index contributed by atoms with van der Waals surface area (Å²) in [6.45, 7) is 0. The number of hydrogen-bond acceptors (Lipinski definition) is 2. The summed E-state index contributed by atoms with van der Waals surface area (Å²) in [6, 6.07) is 22.7. The average Bonchev–Trinajstić information content (AvgIpc) is 3.35. The third-order valence-electron chi connectivity index (χ3n) is 4.65. The lowest BCUT2D eigenvalue weighted by molar-refractivity contribution is 0.627. The Morgan fingerprint density at radius 3 is 2.57 bits per heavy atom. The number of aromatic amines is 1. The molecule has 0 bridgehead atoms. The standard InChI is InChI=1S/C23H14ClFN2O/c24-17-7-4-8-18(25)22(17)23-26-13-19(27-23)21-12-16-11-15(9-10-20(16)28-21)14-5-2-1-3-6-14/h1-13H,(H,26,27). The number of benzene rings is 3. The molecule has 0 spiro atoms. The summed E-state index contributed by atoms with van der Waals surface area (Å²) in [5.41, 5.74) is 3.86. The number of aromatic nitrogens is 2. The largest absolute Gasteiger partial charge is 0.454 e.